The quantitative estimate of drug-likeness (QED) is 0.386. The third-order valence-corrected chi connectivity index (χ3v) is 4.91. The van der Waals surface area contributed by atoms with E-state index in [-0.39, 0.29) is 0 Å². The van der Waals surface area contributed by atoms with Gasteiger partial charge < -0.3 is 0 Å². The van der Waals surface area contributed by atoms with Crippen molar-refractivity contribution in [2.75, 3.05) is 13.1 Å². The first-order chi connectivity index (χ1) is 10.3. The number of hydrogen-bond donors (Lipinski definition) is 0. The van der Waals surface area contributed by atoms with E-state index in [2.05, 4.69) is 64.7 Å². The summed E-state index contributed by atoms with van der Waals surface area (Å²) in [5.74, 6) is 0. The van der Waals surface area contributed by atoms with Crippen LogP contribution < -0.4 is 0 Å². The SMILES string of the molecule is CCCCCCN(CCCCCC)C(=[Se])c1ccccc1. The van der Waals surface area contributed by atoms with Crippen LogP contribution in [0, 0.1) is 0 Å². The summed E-state index contributed by atoms with van der Waals surface area (Å²) in [5.41, 5.74) is 1.32. The van der Waals surface area contributed by atoms with Crippen LogP contribution in [0.4, 0.5) is 0 Å². The molecule has 0 heterocycles. The summed E-state index contributed by atoms with van der Waals surface area (Å²) in [6.07, 6.45) is 10.6. The normalized spacial score (nSPS) is 10.6. The van der Waals surface area contributed by atoms with E-state index < -0.39 is 0 Å². The summed E-state index contributed by atoms with van der Waals surface area (Å²) >= 11 is 3.32. The Balaban J connectivity index is 2.51. The molecule has 1 aromatic carbocycles. The topological polar surface area (TPSA) is 3.24 Å². The van der Waals surface area contributed by atoms with Gasteiger partial charge in [-0.3, -0.25) is 0 Å². The zero-order valence-corrected chi connectivity index (χ0v) is 15.5. The Morgan fingerprint density at radius 2 is 1.33 bits per heavy atom. The zero-order valence-electron chi connectivity index (χ0n) is 13.8. The Morgan fingerprint density at radius 3 is 1.81 bits per heavy atom. The van der Waals surface area contributed by atoms with E-state index in [1.165, 1.54) is 74.6 Å². The van der Waals surface area contributed by atoms with Crippen molar-refractivity contribution in [2.45, 2.75) is 65.2 Å². The minimum atomic E-state index is 1.18. The molecule has 0 saturated carbocycles. The fourth-order valence-corrected chi connectivity index (χ4v) is 3.21. The molecule has 0 saturated heterocycles. The third kappa shape index (κ3) is 7.83. The molecular weight excluding hydrogens is 321 g/mol. The Labute approximate surface area is 139 Å². The van der Waals surface area contributed by atoms with Gasteiger partial charge >= 0.3 is 139 Å². The first kappa shape index (κ1) is 18.5. The molecule has 0 unspecified atom stereocenters. The van der Waals surface area contributed by atoms with Gasteiger partial charge in [0.15, 0.2) is 0 Å². The predicted molar refractivity (Wildman–Crippen MR) is 96.2 cm³/mol. The van der Waals surface area contributed by atoms with Gasteiger partial charge in [-0.15, -0.1) is 0 Å². The molecule has 0 spiro atoms. The van der Waals surface area contributed by atoms with Gasteiger partial charge in [0, 0.05) is 0 Å². The summed E-state index contributed by atoms with van der Waals surface area (Å²) in [6.45, 7) is 6.92. The third-order valence-electron chi connectivity index (χ3n) is 3.87. The van der Waals surface area contributed by atoms with E-state index in [4.69, 9.17) is 0 Å². The number of nitrogens with zero attached hydrogens (tertiary/aromatic N) is 1. The molecule has 118 valence electrons. The van der Waals surface area contributed by atoms with Gasteiger partial charge in [0.1, 0.15) is 0 Å². The molecule has 0 fully saturated rings. The van der Waals surface area contributed by atoms with Crippen molar-refractivity contribution in [2.24, 2.45) is 0 Å². The van der Waals surface area contributed by atoms with Crippen molar-refractivity contribution in [3.8, 4) is 0 Å². The van der Waals surface area contributed by atoms with Gasteiger partial charge in [0.25, 0.3) is 0 Å². The van der Waals surface area contributed by atoms with Crippen molar-refractivity contribution in [3.63, 3.8) is 0 Å². The van der Waals surface area contributed by atoms with Crippen molar-refractivity contribution < 1.29 is 0 Å². The summed E-state index contributed by atoms with van der Waals surface area (Å²) in [6, 6.07) is 10.7. The second-order valence-electron chi connectivity index (χ2n) is 5.78. The van der Waals surface area contributed by atoms with Crippen LogP contribution in [0.5, 0.6) is 0 Å². The molecule has 0 bridgehead atoms. The van der Waals surface area contributed by atoms with Crippen molar-refractivity contribution in [1.29, 1.82) is 0 Å². The van der Waals surface area contributed by atoms with Gasteiger partial charge in [-0.25, -0.2) is 0 Å². The summed E-state index contributed by atoms with van der Waals surface area (Å²) in [7, 11) is 0. The molecule has 21 heavy (non-hydrogen) atoms. The molecule has 1 nitrogen and oxygen atoms in total. The van der Waals surface area contributed by atoms with E-state index in [1.807, 2.05) is 0 Å². The van der Waals surface area contributed by atoms with E-state index in [0.29, 0.717) is 0 Å². The van der Waals surface area contributed by atoms with Crippen LogP contribution in [0.3, 0.4) is 0 Å². The van der Waals surface area contributed by atoms with Gasteiger partial charge in [-0.1, -0.05) is 0 Å². The van der Waals surface area contributed by atoms with Gasteiger partial charge in [0.2, 0.25) is 0 Å². The molecule has 0 aliphatic heterocycles. The molecule has 2 heteroatoms. The minimum absolute atomic E-state index is 1.18. The van der Waals surface area contributed by atoms with Crippen LogP contribution in [0.25, 0.3) is 0 Å². The maximum atomic E-state index is 3.32. The predicted octanol–water partition coefficient (Wildman–Crippen LogP) is 4.80. The van der Waals surface area contributed by atoms with Crippen molar-refractivity contribution >= 4 is 20.1 Å². The fourth-order valence-electron chi connectivity index (χ4n) is 2.54. The number of unbranched alkanes of at least 4 members (excludes halogenated alkanes) is 6. The Kier molecular flexibility index (Phi) is 10.6. The summed E-state index contributed by atoms with van der Waals surface area (Å²) in [5, 5.41) is 0. The molecule has 0 N–H and O–H groups in total. The second kappa shape index (κ2) is 12.0. The standard InChI is InChI=1S/C19H31NSe/c1-3-5-7-12-16-20(17-13-8-6-4-2)19(21)18-14-10-9-11-15-18/h9-11,14-15H,3-8,12-13,16-17H2,1-2H3. The molecule has 0 aliphatic rings. The van der Waals surface area contributed by atoms with Crippen LogP contribution in [0.1, 0.15) is 70.8 Å². The Hall–Kier alpha value is -0.591. The first-order valence-electron chi connectivity index (χ1n) is 8.64. The maximum absolute atomic E-state index is 3.32. The Morgan fingerprint density at radius 1 is 0.810 bits per heavy atom. The van der Waals surface area contributed by atoms with E-state index in [9.17, 15) is 0 Å². The summed E-state index contributed by atoms with van der Waals surface area (Å²) in [4.78, 5) is 2.56. The average Bonchev–Trinajstić information content (AvgIpc) is 2.53. The fraction of sp³-hybridized carbons (Fsp3) is 0.632. The molecule has 1 rings (SSSR count). The molecule has 0 aliphatic carbocycles. The number of benzene rings is 1. The molecule has 0 radical (unpaired) electrons. The zero-order chi connectivity index (χ0) is 15.3. The molecule has 0 aromatic heterocycles. The first-order valence-corrected chi connectivity index (χ1v) is 9.49. The molecule has 0 amide bonds. The van der Waals surface area contributed by atoms with Crippen LogP contribution in [-0.2, 0) is 0 Å². The van der Waals surface area contributed by atoms with E-state index in [1.54, 1.807) is 0 Å². The average molecular weight is 352 g/mol. The van der Waals surface area contributed by atoms with Crippen LogP contribution >= 0.6 is 0 Å². The summed E-state index contributed by atoms with van der Waals surface area (Å²) < 4.78 is 1.32. The van der Waals surface area contributed by atoms with Crippen molar-refractivity contribution in [1.82, 2.24) is 4.90 Å². The Bertz CT molecular complexity index is 362. The van der Waals surface area contributed by atoms with Gasteiger partial charge in [-0.2, -0.15) is 0 Å². The van der Waals surface area contributed by atoms with Gasteiger partial charge in [0.05, 0.1) is 0 Å². The monoisotopic (exact) mass is 353 g/mol. The van der Waals surface area contributed by atoms with E-state index >= 15 is 0 Å². The molecule has 1 aromatic rings. The number of hydrogen-bond acceptors (Lipinski definition) is 1. The van der Waals surface area contributed by atoms with Crippen LogP contribution in [-0.4, -0.2) is 38.1 Å². The number of rotatable bonds is 12. The molecular formula is C19H31NSe. The van der Waals surface area contributed by atoms with Crippen molar-refractivity contribution in [3.05, 3.63) is 35.9 Å². The molecule has 0 atom stereocenters. The van der Waals surface area contributed by atoms with Crippen LogP contribution in [0.15, 0.2) is 30.3 Å². The second-order valence-corrected chi connectivity index (χ2v) is 6.59. The van der Waals surface area contributed by atoms with Crippen LogP contribution in [0.2, 0.25) is 0 Å². The van der Waals surface area contributed by atoms with E-state index in [0.717, 1.165) is 0 Å². The van der Waals surface area contributed by atoms with Gasteiger partial charge in [-0.05, 0) is 0 Å².